The number of benzene rings is 1. The minimum atomic E-state index is -0.254. The van der Waals surface area contributed by atoms with Crippen molar-refractivity contribution in [3.63, 3.8) is 0 Å². The van der Waals surface area contributed by atoms with Crippen LogP contribution in [-0.2, 0) is 0 Å². The summed E-state index contributed by atoms with van der Waals surface area (Å²) in [6, 6.07) is 8.56. The largest absolute Gasteiger partial charge is 0.235 e. The second-order valence-electron chi connectivity index (χ2n) is 3.34. The number of hydrogen-bond donors (Lipinski definition) is 0. The molecule has 2 nitrogen and oxygen atoms in total. The molecule has 0 spiro atoms. The van der Waals surface area contributed by atoms with E-state index < -0.39 is 0 Å². The summed E-state index contributed by atoms with van der Waals surface area (Å²) in [5.74, 6) is -0.254. The van der Waals surface area contributed by atoms with Crippen LogP contribution in [0.15, 0.2) is 42.0 Å². The first kappa shape index (κ1) is 9.42. The van der Waals surface area contributed by atoms with Crippen LogP contribution in [0, 0.1) is 5.82 Å². The average Bonchev–Trinajstić information content (AvgIpc) is 2.77. The summed E-state index contributed by atoms with van der Waals surface area (Å²) in [5.41, 5.74) is 2.05. The van der Waals surface area contributed by atoms with Gasteiger partial charge in [0.2, 0.25) is 0 Å². The second kappa shape index (κ2) is 3.64. The van der Waals surface area contributed by atoms with Crippen molar-refractivity contribution < 1.29 is 4.39 Å². The van der Waals surface area contributed by atoms with Gasteiger partial charge in [0.15, 0.2) is 0 Å². The molecule has 3 aromatic rings. The van der Waals surface area contributed by atoms with Crippen LogP contribution in [0.3, 0.4) is 0 Å². The van der Waals surface area contributed by atoms with Crippen LogP contribution in [0.25, 0.3) is 21.5 Å². The highest BCUT2D eigenvalue weighted by Crippen LogP contribution is 2.30. The van der Waals surface area contributed by atoms with Crippen molar-refractivity contribution in [2.75, 3.05) is 0 Å². The average molecular weight is 230 g/mol. The van der Waals surface area contributed by atoms with Gasteiger partial charge >= 0.3 is 0 Å². The van der Waals surface area contributed by atoms with Crippen molar-refractivity contribution in [2.24, 2.45) is 0 Å². The third kappa shape index (κ3) is 1.39. The fraction of sp³-hybridized carbons (Fsp3) is 0. The second-order valence-corrected chi connectivity index (χ2v) is 4.25. The topological polar surface area (TPSA) is 25.8 Å². The molecule has 4 heteroatoms. The highest BCUT2D eigenvalue weighted by molar-refractivity contribution is 7.17. The van der Waals surface area contributed by atoms with Crippen LogP contribution in [0.5, 0.6) is 0 Å². The Morgan fingerprint density at radius 1 is 1.06 bits per heavy atom. The summed E-state index contributed by atoms with van der Waals surface area (Å²) < 4.78 is 14.6. The van der Waals surface area contributed by atoms with Gasteiger partial charge in [-0.2, -0.15) is 0 Å². The number of hydrogen-bond acceptors (Lipinski definition) is 3. The zero-order valence-electron chi connectivity index (χ0n) is 8.22. The van der Waals surface area contributed by atoms with E-state index in [1.54, 1.807) is 18.2 Å². The number of nitrogens with zero attached hydrogens (tertiary/aromatic N) is 2. The number of aromatic nitrogens is 2. The van der Waals surface area contributed by atoms with E-state index in [4.69, 9.17) is 0 Å². The van der Waals surface area contributed by atoms with E-state index in [2.05, 4.69) is 9.97 Å². The van der Waals surface area contributed by atoms with Crippen LogP contribution in [0.1, 0.15) is 0 Å². The third-order valence-corrected chi connectivity index (χ3v) is 3.28. The minimum Gasteiger partial charge on any atom is -0.235 e. The van der Waals surface area contributed by atoms with Crippen LogP contribution in [0.4, 0.5) is 4.39 Å². The fourth-order valence-corrected chi connectivity index (χ4v) is 2.48. The van der Waals surface area contributed by atoms with Gasteiger partial charge in [-0.25, -0.2) is 14.4 Å². The molecule has 0 radical (unpaired) electrons. The minimum absolute atomic E-state index is 0.254. The lowest BCUT2D eigenvalue weighted by atomic mass is 10.1. The molecule has 2 aromatic heterocycles. The van der Waals surface area contributed by atoms with Crippen molar-refractivity contribution in [3.05, 3.63) is 47.9 Å². The van der Waals surface area contributed by atoms with Crippen LogP contribution < -0.4 is 0 Å². The van der Waals surface area contributed by atoms with Gasteiger partial charge in [-0.15, -0.1) is 11.3 Å². The van der Waals surface area contributed by atoms with Crippen LogP contribution >= 0.6 is 11.3 Å². The molecule has 1 aromatic carbocycles. The zero-order chi connectivity index (χ0) is 11.0. The van der Waals surface area contributed by atoms with Crippen molar-refractivity contribution in [1.29, 1.82) is 0 Å². The normalized spacial score (nSPS) is 10.8. The molecule has 0 saturated carbocycles. The highest BCUT2D eigenvalue weighted by atomic mass is 32.1. The smallest absolute Gasteiger partial charge is 0.132 e. The first-order valence-corrected chi connectivity index (χ1v) is 5.67. The van der Waals surface area contributed by atoms with Gasteiger partial charge in [-0.05, 0) is 23.6 Å². The van der Waals surface area contributed by atoms with Gasteiger partial charge in [0.25, 0.3) is 0 Å². The molecule has 0 aliphatic rings. The molecule has 2 heterocycles. The molecule has 0 atom stereocenters. The summed E-state index contributed by atoms with van der Waals surface area (Å²) in [5, 5.41) is 1.93. The molecule has 3 rings (SSSR count). The first-order chi connectivity index (χ1) is 7.86. The summed E-state index contributed by atoms with van der Waals surface area (Å²) in [4.78, 5) is 8.30. The Bertz CT molecular complexity index is 648. The lowest BCUT2D eigenvalue weighted by Crippen LogP contribution is -1.88. The summed E-state index contributed by atoms with van der Waals surface area (Å²) >= 11 is 1.53. The van der Waals surface area contributed by atoms with Gasteiger partial charge in [-0.1, -0.05) is 12.1 Å². The van der Waals surface area contributed by atoms with E-state index in [1.807, 2.05) is 11.4 Å². The Hall–Kier alpha value is -1.81. The molecule has 78 valence electrons. The molecule has 0 bridgehead atoms. The van der Waals surface area contributed by atoms with Crippen LogP contribution in [0.2, 0.25) is 0 Å². The highest BCUT2D eigenvalue weighted by Gasteiger charge is 2.10. The molecule has 0 aliphatic heterocycles. The lowest BCUT2D eigenvalue weighted by molar-refractivity contribution is 0.631. The van der Waals surface area contributed by atoms with Gasteiger partial charge in [-0.3, -0.25) is 0 Å². The van der Waals surface area contributed by atoms with Gasteiger partial charge in [0, 0.05) is 5.56 Å². The maximum Gasteiger partial charge on any atom is 0.132 e. The quantitative estimate of drug-likeness (QED) is 0.639. The lowest BCUT2D eigenvalue weighted by Gasteiger charge is -2.02. The molecule has 0 amide bonds. The Balaban J connectivity index is 2.34. The number of thiophene rings is 1. The van der Waals surface area contributed by atoms with Crippen molar-refractivity contribution in [1.82, 2.24) is 9.97 Å². The number of fused-ring (bicyclic) bond motifs is 1. The molecular formula is C12H7FN2S. The summed E-state index contributed by atoms with van der Waals surface area (Å²) in [6.07, 6.45) is 1.47. The van der Waals surface area contributed by atoms with Gasteiger partial charge in [0.05, 0.1) is 15.9 Å². The third-order valence-electron chi connectivity index (χ3n) is 2.37. The molecule has 0 N–H and O–H groups in total. The van der Waals surface area contributed by atoms with E-state index in [-0.39, 0.29) is 5.82 Å². The predicted molar refractivity (Wildman–Crippen MR) is 62.8 cm³/mol. The maximum atomic E-state index is 13.7. The molecule has 16 heavy (non-hydrogen) atoms. The number of halogens is 1. The summed E-state index contributed by atoms with van der Waals surface area (Å²) in [6.45, 7) is 0. The number of rotatable bonds is 1. The molecular weight excluding hydrogens is 223 g/mol. The summed E-state index contributed by atoms with van der Waals surface area (Å²) in [7, 11) is 0. The molecule has 0 unspecified atom stereocenters. The monoisotopic (exact) mass is 230 g/mol. The maximum absolute atomic E-state index is 13.7. The SMILES string of the molecule is Fc1ccccc1-c1ncnc2ccsc12. The van der Waals surface area contributed by atoms with E-state index >= 15 is 0 Å². The molecule has 0 saturated heterocycles. The standard InChI is InChI=1S/C12H7FN2S/c13-9-4-2-1-3-8(9)11-12-10(5-6-16-12)14-7-15-11/h1-7H. The van der Waals surface area contributed by atoms with Crippen molar-refractivity contribution in [2.45, 2.75) is 0 Å². The van der Waals surface area contributed by atoms with E-state index in [9.17, 15) is 4.39 Å². The van der Waals surface area contributed by atoms with Crippen molar-refractivity contribution >= 4 is 21.6 Å². The van der Waals surface area contributed by atoms with E-state index in [0.717, 1.165) is 10.2 Å². The predicted octanol–water partition coefficient (Wildman–Crippen LogP) is 3.50. The van der Waals surface area contributed by atoms with Gasteiger partial charge in [0.1, 0.15) is 12.1 Å². The zero-order valence-corrected chi connectivity index (χ0v) is 9.04. The molecule has 0 fully saturated rings. The Labute approximate surface area is 95.4 Å². The fourth-order valence-electron chi connectivity index (χ4n) is 1.63. The Kier molecular flexibility index (Phi) is 2.15. The van der Waals surface area contributed by atoms with E-state index in [0.29, 0.717) is 11.3 Å². The van der Waals surface area contributed by atoms with E-state index in [1.165, 1.54) is 23.7 Å². The van der Waals surface area contributed by atoms with Crippen LogP contribution in [-0.4, -0.2) is 9.97 Å². The Morgan fingerprint density at radius 2 is 1.94 bits per heavy atom. The Morgan fingerprint density at radius 3 is 2.81 bits per heavy atom. The first-order valence-electron chi connectivity index (χ1n) is 4.79. The van der Waals surface area contributed by atoms with Crippen molar-refractivity contribution in [3.8, 4) is 11.3 Å². The molecule has 0 aliphatic carbocycles. The van der Waals surface area contributed by atoms with Gasteiger partial charge < -0.3 is 0 Å².